The molecule has 2 amide bonds. The number of rotatable bonds is 0. The summed E-state index contributed by atoms with van der Waals surface area (Å²) in [5, 5.41) is 3.20. The Morgan fingerprint density at radius 1 is 1.13 bits per heavy atom. The SMILES string of the molecule is Brc1cnc2c(c1)CCN2.NC(=O)N1CCc2cc(Br)cnc21. The van der Waals surface area contributed by atoms with E-state index >= 15 is 0 Å². The van der Waals surface area contributed by atoms with Crippen LogP contribution >= 0.6 is 31.9 Å². The maximum absolute atomic E-state index is 10.9. The van der Waals surface area contributed by atoms with E-state index in [-0.39, 0.29) is 0 Å². The van der Waals surface area contributed by atoms with Crippen molar-refractivity contribution >= 4 is 49.5 Å². The molecule has 2 aromatic rings. The van der Waals surface area contributed by atoms with Gasteiger partial charge in [0.1, 0.15) is 11.6 Å². The van der Waals surface area contributed by atoms with Gasteiger partial charge in [-0.15, -0.1) is 0 Å². The first-order valence-corrected chi connectivity index (χ1v) is 8.73. The van der Waals surface area contributed by atoms with Crippen LogP contribution < -0.4 is 16.0 Å². The van der Waals surface area contributed by atoms with Crippen molar-refractivity contribution in [2.45, 2.75) is 12.8 Å². The van der Waals surface area contributed by atoms with Crippen molar-refractivity contribution in [3.8, 4) is 0 Å². The normalized spacial score (nSPS) is 14.4. The summed E-state index contributed by atoms with van der Waals surface area (Å²) in [6.07, 6.45) is 5.41. The van der Waals surface area contributed by atoms with Gasteiger partial charge in [0, 0.05) is 34.4 Å². The number of anilines is 2. The fourth-order valence-corrected chi connectivity index (χ4v) is 3.36. The molecule has 0 aliphatic carbocycles. The van der Waals surface area contributed by atoms with E-state index in [1.54, 1.807) is 6.20 Å². The molecule has 0 aromatic carbocycles. The molecule has 0 atom stereocenters. The largest absolute Gasteiger partial charge is 0.370 e. The number of nitrogens with one attached hydrogen (secondary N) is 1. The third kappa shape index (κ3) is 3.64. The van der Waals surface area contributed by atoms with Gasteiger partial charge < -0.3 is 11.1 Å². The molecule has 6 nitrogen and oxygen atoms in total. The third-order valence-electron chi connectivity index (χ3n) is 3.66. The van der Waals surface area contributed by atoms with E-state index in [1.165, 1.54) is 10.5 Å². The number of urea groups is 1. The van der Waals surface area contributed by atoms with Gasteiger partial charge in [-0.2, -0.15) is 0 Å². The smallest absolute Gasteiger partial charge is 0.320 e. The third-order valence-corrected chi connectivity index (χ3v) is 4.52. The first-order chi connectivity index (χ1) is 11.0. The molecule has 2 aliphatic rings. The van der Waals surface area contributed by atoms with Crippen LogP contribution in [0.3, 0.4) is 0 Å². The summed E-state index contributed by atoms with van der Waals surface area (Å²) in [7, 11) is 0. The summed E-state index contributed by atoms with van der Waals surface area (Å²) >= 11 is 6.70. The van der Waals surface area contributed by atoms with Crippen molar-refractivity contribution in [3.63, 3.8) is 0 Å². The molecule has 3 N–H and O–H groups in total. The van der Waals surface area contributed by atoms with Crippen molar-refractivity contribution in [2.24, 2.45) is 5.73 Å². The predicted molar refractivity (Wildman–Crippen MR) is 96.7 cm³/mol. The molecule has 8 heteroatoms. The fourth-order valence-electron chi connectivity index (χ4n) is 2.60. The molecule has 23 heavy (non-hydrogen) atoms. The van der Waals surface area contributed by atoms with Gasteiger partial charge in [-0.25, -0.2) is 14.8 Å². The number of pyridine rings is 2. The average molecular weight is 441 g/mol. The zero-order valence-corrected chi connectivity index (χ0v) is 15.4. The number of amides is 2. The van der Waals surface area contributed by atoms with E-state index in [4.69, 9.17) is 5.73 Å². The van der Waals surface area contributed by atoms with E-state index < -0.39 is 6.03 Å². The Bertz CT molecular complexity index is 753. The zero-order chi connectivity index (χ0) is 16.4. The van der Waals surface area contributed by atoms with Crippen LogP contribution in [0, 0.1) is 0 Å². The van der Waals surface area contributed by atoms with Gasteiger partial charge in [-0.3, -0.25) is 4.90 Å². The Morgan fingerprint density at radius 3 is 2.57 bits per heavy atom. The Labute approximate surface area is 150 Å². The van der Waals surface area contributed by atoms with Crippen molar-refractivity contribution in [3.05, 3.63) is 44.6 Å². The highest BCUT2D eigenvalue weighted by Crippen LogP contribution is 2.27. The summed E-state index contributed by atoms with van der Waals surface area (Å²) in [5.41, 5.74) is 7.56. The van der Waals surface area contributed by atoms with Crippen molar-refractivity contribution in [2.75, 3.05) is 23.3 Å². The second kappa shape index (κ2) is 6.84. The molecular weight excluding hydrogens is 426 g/mol. The van der Waals surface area contributed by atoms with Gasteiger partial charge in [-0.05, 0) is 68.0 Å². The molecule has 0 saturated heterocycles. The maximum Gasteiger partial charge on any atom is 0.320 e. The Morgan fingerprint density at radius 2 is 1.83 bits per heavy atom. The molecule has 0 spiro atoms. The Kier molecular flexibility index (Phi) is 4.82. The first-order valence-electron chi connectivity index (χ1n) is 7.14. The Hall–Kier alpha value is -1.67. The van der Waals surface area contributed by atoms with Crippen LogP contribution in [0.4, 0.5) is 16.4 Å². The fraction of sp³-hybridized carbons (Fsp3) is 0.267. The number of aromatic nitrogens is 2. The molecule has 2 aliphatic heterocycles. The lowest BCUT2D eigenvalue weighted by Crippen LogP contribution is -2.34. The lowest BCUT2D eigenvalue weighted by molar-refractivity contribution is 0.254. The average Bonchev–Trinajstić information content (AvgIpc) is 3.12. The van der Waals surface area contributed by atoms with E-state index in [0.717, 1.165) is 39.7 Å². The number of primary amides is 1. The number of carbonyl (C=O) groups is 1. The minimum Gasteiger partial charge on any atom is -0.370 e. The summed E-state index contributed by atoms with van der Waals surface area (Å²) in [6, 6.07) is 3.64. The van der Waals surface area contributed by atoms with Gasteiger partial charge in [0.25, 0.3) is 0 Å². The lowest BCUT2D eigenvalue weighted by Gasteiger charge is -2.11. The van der Waals surface area contributed by atoms with Crippen LogP contribution in [0.1, 0.15) is 11.1 Å². The number of halogens is 2. The number of carbonyl (C=O) groups excluding carboxylic acids is 1. The summed E-state index contributed by atoms with van der Waals surface area (Å²) in [4.78, 5) is 20.8. The summed E-state index contributed by atoms with van der Waals surface area (Å²) in [5.74, 6) is 1.74. The minimum atomic E-state index is -0.437. The van der Waals surface area contributed by atoms with Crippen molar-refractivity contribution < 1.29 is 4.79 Å². The quantitative estimate of drug-likeness (QED) is 0.659. The number of nitrogens with zero attached hydrogens (tertiary/aromatic N) is 3. The van der Waals surface area contributed by atoms with Gasteiger partial charge >= 0.3 is 6.03 Å². The maximum atomic E-state index is 10.9. The molecule has 0 bridgehead atoms. The monoisotopic (exact) mass is 439 g/mol. The minimum absolute atomic E-state index is 0.437. The molecule has 4 rings (SSSR count). The summed E-state index contributed by atoms with van der Waals surface area (Å²) < 4.78 is 1.99. The molecule has 0 fully saturated rings. The zero-order valence-electron chi connectivity index (χ0n) is 12.2. The topological polar surface area (TPSA) is 84.1 Å². The molecule has 4 heterocycles. The van der Waals surface area contributed by atoms with E-state index in [2.05, 4.69) is 53.2 Å². The van der Waals surface area contributed by atoms with E-state index in [1.807, 2.05) is 12.3 Å². The molecule has 2 aromatic heterocycles. The second-order valence-electron chi connectivity index (χ2n) is 5.21. The van der Waals surface area contributed by atoms with Crippen LogP contribution in [-0.2, 0) is 12.8 Å². The molecular formula is C15H15Br2N5O. The molecule has 120 valence electrons. The van der Waals surface area contributed by atoms with Crippen LogP contribution in [0.2, 0.25) is 0 Å². The number of fused-ring (bicyclic) bond motifs is 2. The highest BCUT2D eigenvalue weighted by molar-refractivity contribution is 9.10. The molecule has 0 saturated carbocycles. The van der Waals surface area contributed by atoms with Crippen LogP contribution in [0.25, 0.3) is 0 Å². The number of hydrogen-bond donors (Lipinski definition) is 2. The van der Waals surface area contributed by atoms with E-state index in [9.17, 15) is 4.79 Å². The highest BCUT2D eigenvalue weighted by atomic mass is 79.9. The van der Waals surface area contributed by atoms with Gasteiger partial charge in [-0.1, -0.05) is 0 Å². The van der Waals surface area contributed by atoms with Crippen LogP contribution in [0.5, 0.6) is 0 Å². The standard InChI is InChI=1S/C8H8BrN3O.C7H7BrN2/c9-6-3-5-1-2-12(8(10)13)7(5)11-4-6;8-6-3-5-1-2-9-7(5)10-4-6/h3-4H,1-2H2,(H2,10,13);3-4H,1-2H2,(H,9,10). The van der Waals surface area contributed by atoms with Crippen LogP contribution in [-0.4, -0.2) is 29.1 Å². The Balaban J connectivity index is 0.000000140. The second-order valence-corrected chi connectivity index (χ2v) is 7.05. The van der Waals surface area contributed by atoms with Crippen LogP contribution in [0.15, 0.2) is 33.5 Å². The summed E-state index contributed by atoms with van der Waals surface area (Å²) in [6.45, 7) is 1.66. The first kappa shape index (κ1) is 16.2. The van der Waals surface area contributed by atoms with Crippen molar-refractivity contribution in [1.82, 2.24) is 9.97 Å². The number of nitrogens with two attached hydrogens (primary N) is 1. The highest BCUT2D eigenvalue weighted by Gasteiger charge is 2.24. The van der Waals surface area contributed by atoms with Gasteiger partial charge in [0.15, 0.2) is 0 Å². The molecule has 0 radical (unpaired) electrons. The lowest BCUT2D eigenvalue weighted by atomic mass is 10.2. The van der Waals surface area contributed by atoms with Crippen molar-refractivity contribution in [1.29, 1.82) is 0 Å². The van der Waals surface area contributed by atoms with Gasteiger partial charge in [0.05, 0.1) is 0 Å². The van der Waals surface area contributed by atoms with E-state index in [0.29, 0.717) is 12.4 Å². The predicted octanol–water partition coefficient (Wildman–Crippen LogP) is 3.10. The molecule has 0 unspecified atom stereocenters. The van der Waals surface area contributed by atoms with Gasteiger partial charge in [0.2, 0.25) is 0 Å². The number of hydrogen-bond acceptors (Lipinski definition) is 4.